The molecule has 0 saturated carbocycles. The first-order chi connectivity index (χ1) is 9.65. The molecule has 1 aromatic carbocycles. The molecule has 0 N–H and O–H groups in total. The zero-order chi connectivity index (χ0) is 14.1. The standard InChI is InChI=1S/C15H19N3OS/c1-17(2)14(19)11-6-5-9-18(10-11)15-16-12-7-3-4-8-13(12)20-15/h3-4,7-8,11H,5-6,9-10H2,1-2H3/t11-/m1/s1. The number of fused-ring (bicyclic) bond motifs is 1. The third-order valence-corrected chi connectivity index (χ3v) is 4.86. The second-order valence-corrected chi connectivity index (χ2v) is 6.49. The first-order valence-electron chi connectivity index (χ1n) is 6.97. The lowest BCUT2D eigenvalue weighted by atomic mass is 9.97. The van der Waals surface area contributed by atoms with Gasteiger partial charge in [0.2, 0.25) is 5.91 Å². The highest BCUT2D eigenvalue weighted by molar-refractivity contribution is 7.22. The number of carbonyl (C=O) groups is 1. The molecule has 2 heterocycles. The Bertz CT molecular complexity index is 589. The highest BCUT2D eigenvalue weighted by atomic mass is 32.1. The summed E-state index contributed by atoms with van der Waals surface area (Å²) in [6.07, 6.45) is 2.04. The lowest BCUT2D eigenvalue weighted by Gasteiger charge is -2.32. The van der Waals surface area contributed by atoms with Crippen LogP contribution >= 0.6 is 11.3 Å². The largest absolute Gasteiger partial charge is 0.349 e. The number of rotatable bonds is 2. The molecule has 1 aliphatic rings. The van der Waals surface area contributed by atoms with Gasteiger partial charge in [0, 0.05) is 27.2 Å². The zero-order valence-electron chi connectivity index (χ0n) is 11.9. The van der Waals surface area contributed by atoms with Gasteiger partial charge in [0.05, 0.1) is 16.1 Å². The molecule has 1 amide bonds. The quantitative estimate of drug-likeness (QED) is 0.852. The van der Waals surface area contributed by atoms with E-state index in [1.54, 1.807) is 16.2 Å². The van der Waals surface area contributed by atoms with Gasteiger partial charge in [-0.05, 0) is 25.0 Å². The van der Waals surface area contributed by atoms with Gasteiger partial charge in [-0.15, -0.1) is 0 Å². The van der Waals surface area contributed by atoms with Crippen LogP contribution in [-0.4, -0.2) is 43.0 Å². The normalized spacial score (nSPS) is 19.3. The van der Waals surface area contributed by atoms with Crippen LogP contribution in [0.15, 0.2) is 24.3 Å². The lowest BCUT2D eigenvalue weighted by Crippen LogP contribution is -2.42. The lowest BCUT2D eigenvalue weighted by molar-refractivity contribution is -0.133. The number of anilines is 1. The van der Waals surface area contributed by atoms with Gasteiger partial charge in [-0.3, -0.25) is 4.79 Å². The Balaban J connectivity index is 1.81. The van der Waals surface area contributed by atoms with Crippen LogP contribution in [0.25, 0.3) is 10.2 Å². The maximum absolute atomic E-state index is 12.1. The zero-order valence-corrected chi connectivity index (χ0v) is 12.7. The van der Waals surface area contributed by atoms with E-state index in [1.807, 2.05) is 32.3 Å². The van der Waals surface area contributed by atoms with E-state index in [0.717, 1.165) is 36.6 Å². The van der Waals surface area contributed by atoms with Gasteiger partial charge in [-0.25, -0.2) is 4.98 Å². The molecule has 0 spiro atoms. The van der Waals surface area contributed by atoms with Crippen LogP contribution < -0.4 is 4.90 Å². The number of carbonyl (C=O) groups excluding carboxylic acids is 1. The van der Waals surface area contributed by atoms with Gasteiger partial charge < -0.3 is 9.80 Å². The first kappa shape index (κ1) is 13.4. The van der Waals surface area contributed by atoms with Gasteiger partial charge >= 0.3 is 0 Å². The Labute approximate surface area is 123 Å². The average molecular weight is 289 g/mol. The average Bonchev–Trinajstić information content (AvgIpc) is 2.90. The van der Waals surface area contributed by atoms with Crippen LogP contribution in [0.4, 0.5) is 5.13 Å². The van der Waals surface area contributed by atoms with Crippen LogP contribution in [0.3, 0.4) is 0 Å². The molecule has 0 radical (unpaired) electrons. The van der Waals surface area contributed by atoms with E-state index < -0.39 is 0 Å². The topological polar surface area (TPSA) is 36.4 Å². The van der Waals surface area contributed by atoms with Gasteiger partial charge in [0.1, 0.15) is 0 Å². The Morgan fingerprint density at radius 3 is 2.95 bits per heavy atom. The van der Waals surface area contributed by atoms with Gasteiger partial charge in [0.25, 0.3) is 0 Å². The number of thiazole rings is 1. The molecule has 1 saturated heterocycles. The van der Waals surface area contributed by atoms with Crippen molar-refractivity contribution in [2.24, 2.45) is 5.92 Å². The van der Waals surface area contributed by atoms with Crippen molar-refractivity contribution in [2.75, 3.05) is 32.1 Å². The monoisotopic (exact) mass is 289 g/mol. The predicted octanol–water partition coefficient (Wildman–Crippen LogP) is 2.60. The number of hydrogen-bond donors (Lipinski definition) is 0. The molecule has 1 aromatic heterocycles. The summed E-state index contributed by atoms with van der Waals surface area (Å²) in [7, 11) is 3.66. The summed E-state index contributed by atoms with van der Waals surface area (Å²) in [6, 6.07) is 8.20. The van der Waals surface area contributed by atoms with Crippen molar-refractivity contribution in [1.82, 2.24) is 9.88 Å². The molecule has 1 fully saturated rings. The second-order valence-electron chi connectivity index (χ2n) is 5.48. The highest BCUT2D eigenvalue weighted by Crippen LogP contribution is 2.31. The van der Waals surface area contributed by atoms with E-state index >= 15 is 0 Å². The van der Waals surface area contributed by atoms with Crippen molar-refractivity contribution >= 4 is 32.6 Å². The summed E-state index contributed by atoms with van der Waals surface area (Å²) in [5.41, 5.74) is 1.05. The molecule has 106 valence electrons. The molecular formula is C15H19N3OS. The molecule has 5 heteroatoms. The third-order valence-electron chi connectivity index (χ3n) is 3.76. The fourth-order valence-electron chi connectivity index (χ4n) is 2.71. The number of nitrogens with zero attached hydrogens (tertiary/aromatic N) is 3. The van der Waals surface area contributed by atoms with E-state index in [4.69, 9.17) is 4.98 Å². The van der Waals surface area contributed by atoms with Crippen LogP contribution in [0.1, 0.15) is 12.8 Å². The number of benzene rings is 1. The van der Waals surface area contributed by atoms with E-state index in [-0.39, 0.29) is 11.8 Å². The number of para-hydroxylation sites is 1. The van der Waals surface area contributed by atoms with Gasteiger partial charge in [-0.2, -0.15) is 0 Å². The van der Waals surface area contributed by atoms with Gasteiger partial charge in [0.15, 0.2) is 5.13 Å². The molecule has 1 atom stereocenters. The predicted molar refractivity (Wildman–Crippen MR) is 83.3 cm³/mol. The number of aromatic nitrogens is 1. The minimum atomic E-state index is 0.103. The summed E-state index contributed by atoms with van der Waals surface area (Å²) in [5, 5.41) is 1.04. The maximum atomic E-state index is 12.1. The summed E-state index contributed by atoms with van der Waals surface area (Å²) in [5.74, 6) is 0.335. The van der Waals surface area contributed by atoms with Crippen molar-refractivity contribution < 1.29 is 4.79 Å². The van der Waals surface area contributed by atoms with Crippen molar-refractivity contribution in [2.45, 2.75) is 12.8 Å². The van der Waals surface area contributed by atoms with Crippen molar-refractivity contribution in [3.63, 3.8) is 0 Å². The highest BCUT2D eigenvalue weighted by Gasteiger charge is 2.28. The molecule has 3 rings (SSSR count). The van der Waals surface area contributed by atoms with E-state index in [1.165, 1.54) is 4.70 Å². The van der Waals surface area contributed by atoms with E-state index in [2.05, 4.69) is 11.0 Å². The fraction of sp³-hybridized carbons (Fsp3) is 0.467. The smallest absolute Gasteiger partial charge is 0.226 e. The van der Waals surface area contributed by atoms with Crippen LogP contribution in [0.5, 0.6) is 0 Å². The summed E-state index contributed by atoms with van der Waals surface area (Å²) >= 11 is 1.72. The summed E-state index contributed by atoms with van der Waals surface area (Å²) < 4.78 is 1.21. The third kappa shape index (κ3) is 2.50. The van der Waals surface area contributed by atoms with Crippen LogP contribution in [0, 0.1) is 5.92 Å². The van der Waals surface area contributed by atoms with Crippen molar-refractivity contribution in [1.29, 1.82) is 0 Å². The molecule has 0 aliphatic carbocycles. The van der Waals surface area contributed by atoms with E-state index in [9.17, 15) is 4.79 Å². The maximum Gasteiger partial charge on any atom is 0.226 e. The summed E-state index contributed by atoms with van der Waals surface area (Å²) in [4.78, 5) is 20.8. The van der Waals surface area contributed by atoms with Crippen molar-refractivity contribution in [3.05, 3.63) is 24.3 Å². The molecule has 4 nitrogen and oxygen atoms in total. The number of hydrogen-bond acceptors (Lipinski definition) is 4. The molecule has 2 aromatic rings. The SMILES string of the molecule is CN(C)C(=O)[C@@H]1CCCN(c2nc3ccccc3s2)C1. The summed E-state index contributed by atoms with van der Waals surface area (Å²) in [6.45, 7) is 1.79. The molecule has 0 unspecified atom stereocenters. The first-order valence-corrected chi connectivity index (χ1v) is 7.78. The minimum absolute atomic E-state index is 0.103. The molecule has 0 bridgehead atoms. The molecular weight excluding hydrogens is 270 g/mol. The van der Waals surface area contributed by atoms with Gasteiger partial charge in [-0.1, -0.05) is 23.5 Å². The Hall–Kier alpha value is -1.62. The Morgan fingerprint density at radius 2 is 2.20 bits per heavy atom. The Kier molecular flexibility index (Phi) is 3.61. The number of amides is 1. The fourth-order valence-corrected chi connectivity index (χ4v) is 3.71. The molecule has 1 aliphatic heterocycles. The molecule has 20 heavy (non-hydrogen) atoms. The Morgan fingerprint density at radius 1 is 1.40 bits per heavy atom. The number of piperidine rings is 1. The van der Waals surface area contributed by atoms with E-state index in [0.29, 0.717) is 0 Å². The second kappa shape index (κ2) is 5.40. The van der Waals surface area contributed by atoms with Crippen molar-refractivity contribution in [3.8, 4) is 0 Å². The minimum Gasteiger partial charge on any atom is -0.349 e. The van der Waals surface area contributed by atoms with Crippen LogP contribution in [-0.2, 0) is 4.79 Å². The van der Waals surface area contributed by atoms with Crippen LogP contribution in [0.2, 0.25) is 0 Å².